The minimum atomic E-state index is -4.35. The molecule has 3 N–H and O–H groups in total. The molecule has 0 aliphatic heterocycles. The van der Waals surface area contributed by atoms with Crippen LogP contribution in [0.5, 0.6) is 0 Å². The Balaban J connectivity index is 1.44. The van der Waals surface area contributed by atoms with Crippen molar-refractivity contribution in [2.45, 2.75) is 17.3 Å². The van der Waals surface area contributed by atoms with Gasteiger partial charge in [0.15, 0.2) is 5.82 Å². The molecule has 12 heteroatoms. The van der Waals surface area contributed by atoms with Crippen LogP contribution >= 0.6 is 11.8 Å². The number of carbonyl (C=O) groups is 1. The lowest BCUT2D eigenvalue weighted by Crippen LogP contribution is -2.32. The highest BCUT2D eigenvalue weighted by Crippen LogP contribution is 2.36. The summed E-state index contributed by atoms with van der Waals surface area (Å²) in [6.07, 6.45) is 3.42. The second-order valence-electron chi connectivity index (χ2n) is 5.99. The van der Waals surface area contributed by atoms with Crippen LogP contribution < -0.4 is 16.0 Å². The first-order chi connectivity index (χ1) is 14.3. The number of nitrogens with zero attached hydrogens (tertiary/aromatic N) is 4. The molecule has 0 saturated carbocycles. The normalized spacial score (nSPS) is 11.2. The monoisotopic (exact) mass is 437 g/mol. The molecule has 30 heavy (non-hydrogen) atoms. The Bertz CT molecular complexity index is 978. The number of benzene rings is 1. The summed E-state index contributed by atoms with van der Waals surface area (Å²) in [4.78, 5) is 20.6. The molecular weight excluding hydrogens is 419 g/mol. The van der Waals surface area contributed by atoms with Gasteiger partial charge in [-0.05, 0) is 49.0 Å². The molecule has 0 bridgehead atoms. The zero-order valence-corrected chi connectivity index (χ0v) is 16.6. The maximum atomic E-state index is 12.3. The molecule has 2 aromatic heterocycles. The fourth-order valence-corrected chi connectivity index (χ4v) is 2.99. The molecule has 1 aromatic carbocycles. The molecule has 0 aliphatic carbocycles. The van der Waals surface area contributed by atoms with Crippen LogP contribution in [0.2, 0.25) is 0 Å². The van der Waals surface area contributed by atoms with E-state index in [0.717, 1.165) is 0 Å². The highest BCUT2D eigenvalue weighted by molar-refractivity contribution is 8.00. The minimum absolute atomic E-state index is 0.0484. The Morgan fingerprint density at radius 2 is 1.93 bits per heavy atom. The molecule has 0 aliphatic rings. The Morgan fingerprint density at radius 1 is 1.17 bits per heavy atom. The summed E-state index contributed by atoms with van der Waals surface area (Å²) in [5, 5.41) is 12.4. The highest BCUT2D eigenvalue weighted by Gasteiger charge is 2.29. The molecule has 0 saturated heterocycles. The van der Waals surface area contributed by atoms with E-state index in [2.05, 4.69) is 31.0 Å². The third-order valence-corrected chi connectivity index (χ3v) is 4.37. The third-order valence-electron chi connectivity index (χ3n) is 3.63. The number of amides is 2. The lowest BCUT2D eigenvalue weighted by molar-refractivity contribution is -0.0328. The highest BCUT2D eigenvalue weighted by atomic mass is 32.2. The SMILES string of the molecule is Cc1nc(NCCNC(=O)Nc2ccc(SC(F)(F)F)cc2)cc(-n2cccn2)n1. The minimum Gasteiger partial charge on any atom is -0.368 e. The number of aryl methyl sites for hydroxylation is 1. The van der Waals surface area contributed by atoms with E-state index in [9.17, 15) is 18.0 Å². The van der Waals surface area contributed by atoms with E-state index < -0.39 is 11.5 Å². The maximum absolute atomic E-state index is 12.3. The first-order valence-corrected chi connectivity index (χ1v) is 9.60. The first kappa shape index (κ1) is 21.4. The van der Waals surface area contributed by atoms with Crippen molar-refractivity contribution in [3.63, 3.8) is 0 Å². The number of rotatable bonds is 7. The van der Waals surface area contributed by atoms with Crippen molar-refractivity contribution < 1.29 is 18.0 Å². The van der Waals surface area contributed by atoms with Gasteiger partial charge < -0.3 is 16.0 Å². The van der Waals surface area contributed by atoms with Crippen molar-refractivity contribution in [1.29, 1.82) is 0 Å². The van der Waals surface area contributed by atoms with Gasteiger partial charge in [0.25, 0.3) is 0 Å². The van der Waals surface area contributed by atoms with E-state index in [1.54, 1.807) is 36.1 Å². The van der Waals surface area contributed by atoms with Gasteiger partial charge in [0, 0.05) is 42.1 Å². The summed E-state index contributed by atoms with van der Waals surface area (Å²) in [5.74, 6) is 1.78. The number of alkyl halides is 3. The van der Waals surface area contributed by atoms with Gasteiger partial charge in [0.2, 0.25) is 0 Å². The Kier molecular flexibility index (Phi) is 6.77. The number of anilines is 2. The van der Waals surface area contributed by atoms with Gasteiger partial charge >= 0.3 is 11.5 Å². The standard InChI is InChI=1S/C18H18F3N7OS/c1-12-25-15(11-16(26-12)28-10-2-7-24-28)22-8-9-23-17(29)27-13-3-5-14(6-4-13)30-18(19,20)21/h2-7,10-11H,8-9H2,1H3,(H,22,25,26)(H2,23,27,29). The van der Waals surface area contributed by atoms with Gasteiger partial charge in [-0.3, -0.25) is 0 Å². The number of nitrogens with one attached hydrogen (secondary N) is 3. The summed E-state index contributed by atoms with van der Waals surface area (Å²) < 4.78 is 38.6. The van der Waals surface area contributed by atoms with Crippen molar-refractivity contribution in [3.8, 4) is 5.82 Å². The molecule has 3 aromatic rings. The van der Waals surface area contributed by atoms with Crippen molar-refractivity contribution in [2.24, 2.45) is 0 Å². The number of aromatic nitrogens is 4. The van der Waals surface area contributed by atoms with Gasteiger partial charge in [0.05, 0.1) is 0 Å². The van der Waals surface area contributed by atoms with Crippen molar-refractivity contribution in [3.05, 3.63) is 54.6 Å². The van der Waals surface area contributed by atoms with Gasteiger partial charge in [-0.2, -0.15) is 18.3 Å². The fourth-order valence-electron chi connectivity index (χ4n) is 2.45. The quantitative estimate of drug-likeness (QED) is 0.384. The average Bonchev–Trinajstić information content (AvgIpc) is 3.20. The molecule has 158 valence electrons. The summed E-state index contributed by atoms with van der Waals surface area (Å²) in [6, 6.07) is 8.47. The van der Waals surface area contributed by atoms with Crippen molar-refractivity contribution >= 4 is 29.3 Å². The van der Waals surface area contributed by atoms with E-state index in [0.29, 0.717) is 36.2 Å². The predicted molar refractivity (Wildman–Crippen MR) is 108 cm³/mol. The van der Waals surface area contributed by atoms with Crippen molar-refractivity contribution in [2.75, 3.05) is 23.7 Å². The molecule has 0 radical (unpaired) electrons. The maximum Gasteiger partial charge on any atom is 0.446 e. The largest absolute Gasteiger partial charge is 0.446 e. The molecule has 8 nitrogen and oxygen atoms in total. The topological polar surface area (TPSA) is 96.8 Å². The van der Waals surface area contributed by atoms with Crippen LogP contribution in [0, 0.1) is 6.92 Å². The average molecular weight is 437 g/mol. The van der Waals surface area contributed by atoms with Gasteiger partial charge in [0.1, 0.15) is 11.6 Å². The molecule has 0 atom stereocenters. The molecule has 0 spiro atoms. The van der Waals surface area contributed by atoms with Crippen LogP contribution in [0.15, 0.2) is 53.7 Å². The zero-order chi connectivity index (χ0) is 21.6. The Labute approximate surface area is 174 Å². The lowest BCUT2D eigenvalue weighted by Gasteiger charge is -2.11. The molecule has 3 rings (SSSR count). The number of thioether (sulfide) groups is 1. The van der Waals surface area contributed by atoms with E-state index in [1.807, 2.05) is 0 Å². The number of hydrogen-bond acceptors (Lipinski definition) is 6. The van der Waals surface area contributed by atoms with Crippen LogP contribution in [-0.4, -0.2) is 44.4 Å². The van der Waals surface area contributed by atoms with Gasteiger partial charge in [-0.1, -0.05) is 0 Å². The van der Waals surface area contributed by atoms with E-state index in [4.69, 9.17) is 0 Å². The second-order valence-corrected chi connectivity index (χ2v) is 7.13. The third kappa shape index (κ3) is 6.65. The number of halogens is 3. The number of hydrogen-bond donors (Lipinski definition) is 3. The molecule has 0 fully saturated rings. The second kappa shape index (κ2) is 9.48. The molecule has 2 heterocycles. The van der Waals surface area contributed by atoms with E-state index in [1.165, 1.54) is 24.3 Å². The fraction of sp³-hybridized carbons (Fsp3) is 0.222. The Morgan fingerprint density at radius 3 is 2.60 bits per heavy atom. The number of urea groups is 1. The molecule has 0 unspecified atom stereocenters. The lowest BCUT2D eigenvalue weighted by atomic mass is 10.3. The number of carbonyl (C=O) groups excluding carboxylic acids is 1. The van der Waals surface area contributed by atoms with Crippen molar-refractivity contribution in [1.82, 2.24) is 25.1 Å². The predicted octanol–water partition coefficient (Wildman–Crippen LogP) is 3.82. The van der Waals surface area contributed by atoms with Gasteiger partial charge in [-0.25, -0.2) is 19.4 Å². The molecular formula is C18H18F3N7OS. The summed E-state index contributed by atoms with van der Waals surface area (Å²) in [5.41, 5.74) is -3.96. The smallest absolute Gasteiger partial charge is 0.368 e. The van der Waals surface area contributed by atoms with Crippen LogP contribution in [-0.2, 0) is 0 Å². The van der Waals surface area contributed by atoms with E-state index in [-0.39, 0.29) is 16.7 Å². The van der Waals surface area contributed by atoms with Crippen LogP contribution in [0.4, 0.5) is 29.5 Å². The van der Waals surface area contributed by atoms with Gasteiger partial charge in [-0.15, -0.1) is 0 Å². The zero-order valence-electron chi connectivity index (χ0n) is 15.8. The van der Waals surface area contributed by atoms with E-state index >= 15 is 0 Å². The first-order valence-electron chi connectivity index (χ1n) is 8.79. The van der Waals surface area contributed by atoms with Crippen LogP contribution in [0.1, 0.15) is 5.82 Å². The summed E-state index contributed by atoms with van der Waals surface area (Å²) >= 11 is -0.208. The summed E-state index contributed by atoms with van der Waals surface area (Å²) in [6.45, 7) is 2.47. The Hall–Kier alpha value is -3.28. The summed E-state index contributed by atoms with van der Waals surface area (Å²) in [7, 11) is 0. The van der Waals surface area contributed by atoms with Crippen LogP contribution in [0.25, 0.3) is 5.82 Å². The van der Waals surface area contributed by atoms with Crippen LogP contribution in [0.3, 0.4) is 0 Å². The molecule has 2 amide bonds.